The summed E-state index contributed by atoms with van der Waals surface area (Å²) in [6.45, 7) is 0. The normalized spacial score (nSPS) is 10.5. The molecule has 0 atom stereocenters. The molecule has 5 nitrogen and oxygen atoms in total. The Balaban J connectivity index is 2.45. The number of ether oxygens (including phenoxy) is 1. The molecule has 0 fully saturated rings. The highest BCUT2D eigenvalue weighted by molar-refractivity contribution is 5.72. The first-order chi connectivity index (χ1) is 6.22. The van der Waals surface area contributed by atoms with Gasteiger partial charge in [-0.05, 0) is 6.08 Å². The highest BCUT2D eigenvalue weighted by Crippen LogP contribution is 2.02. The quantitative estimate of drug-likeness (QED) is 0.668. The van der Waals surface area contributed by atoms with Crippen LogP contribution in [0.4, 0.5) is 5.82 Å². The number of carbonyl (C=O) groups is 1. The van der Waals surface area contributed by atoms with Crippen LogP contribution in [0.3, 0.4) is 0 Å². The molecule has 1 aromatic rings. The summed E-state index contributed by atoms with van der Waals surface area (Å²) in [4.78, 5) is 10.7. The zero-order valence-electron chi connectivity index (χ0n) is 7.28. The number of esters is 1. The number of hydrogen-bond acceptors (Lipinski definition) is 4. The van der Waals surface area contributed by atoms with E-state index in [0.29, 0.717) is 5.82 Å². The molecule has 0 aliphatic carbocycles. The number of aromatic nitrogens is 2. The molecule has 0 radical (unpaired) electrons. The predicted molar refractivity (Wildman–Crippen MR) is 48.7 cm³/mol. The van der Waals surface area contributed by atoms with Crippen molar-refractivity contribution in [2.45, 2.75) is 6.42 Å². The minimum Gasteiger partial charge on any atom is -0.469 e. The highest BCUT2D eigenvalue weighted by atomic mass is 16.5. The van der Waals surface area contributed by atoms with Gasteiger partial charge in [-0.15, -0.1) is 0 Å². The standard InChI is InChI=1S/C8H11N3O2/c1-13-8(12)4-2-3-6-5-7(9)11-10-6/h2-3,5H,4H2,1H3,(H3,9,10,11). The van der Waals surface area contributed by atoms with Crippen molar-refractivity contribution >= 4 is 17.9 Å². The minimum atomic E-state index is -0.274. The molecule has 0 aromatic carbocycles. The van der Waals surface area contributed by atoms with Crippen LogP contribution in [-0.4, -0.2) is 23.3 Å². The molecule has 0 amide bonds. The number of nitrogens with zero attached hydrogens (tertiary/aromatic N) is 1. The molecule has 3 N–H and O–H groups in total. The summed E-state index contributed by atoms with van der Waals surface area (Å²) in [7, 11) is 1.35. The van der Waals surface area contributed by atoms with Crippen molar-refractivity contribution in [3.63, 3.8) is 0 Å². The summed E-state index contributed by atoms with van der Waals surface area (Å²) in [6.07, 6.45) is 3.65. The molecule has 0 saturated carbocycles. The lowest BCUT2D eigenvalue weighted by molar-refractivity contribution is -0.139. The summed E-state index contributed by atoms with van der Waals surface area (Å²) >= 11 is 0. The van der Waals surface area contributed by atoms with Crippen molar-refractivity contribution < 1.29 is 9.53 Å². The number of carbonyl (C=O) groups excluding carboxylic acids is 1. The second kappa shape index (κ2) is 4.30. The Hall–Kier alpha value is -1.78. The summed E-state index contributed by atoms with van der Waals surface area (Å²) in [5.74, 6) is 0.154. The molecule has 0 unspecified atom stereocenters. The lowest BCUT2D eigenvalue weighted by atomic mass is 10.3. The molecule has 1 heterocycles. The Bertz CT molecular complexity index is 317. The number of anilines is 1. The van der Waals surface area contributed by atoms with Gasteiger partial charge in [-0.25, -0.2) is 0 Å². The van der Waals surface area contributed by atoms with Crippen LogP contribution in [0.5, 0.6) is 0 Å². The van der Waals surface area contributed by atoms with E-state index in [0.717, 1.165) is 5.69 Å². The third-order valence-corrected chi connectivity index (χ3v) is 1.43. The van der Waals surface area contributed by atoms with Crippen molar-refractivity contribution in [2.75, 3.05) is 12.8 Å². The van der Waals surface area contributed by atoms with Crippen molar-refractivity contribution in [1.82, 2.24) is 10.2 Å². The number of aromatic amines is 1. The zero-order chi connectivity index (χ0) is 9.68. The average Bonchev–Trinajstić information content (AvgIpc) is 2.51. The van der Waals surface area contributed by atoms with E-state index in [1.165, 1.54) is 7.11 Å². The Morgan fingerprint density at radius 1 is 1.85 bits per heavy atom. The number of methoxy groups -OCH3 is 1. The van der Waals surface area contributed by atoms with Gasteiger partial charge in [0.2, 0.25) is 0 Å². The molecule has 0 spiro atoms. The number of H-pyrrole nitrogens is 1. The van der Waals surface area contributed by atoms with E-state index < -0.39 is 0 Å². The van der Waals surface area contributed by atoms with Crippen LogP contribution in [0.25, 0.3) is 6.08 Å². The van der Waals surface area contributed by atoms with Gasteiger partial charge in [-0.1, -0.05) is 6.08 Å². The van der Waals surface area contributed by atoms with Gasteiger partial charge in [0.1, 0.15) is 5.82 Å². The topological polar surface area (TPSA) is 81.0 Å². The first kappa shape index (κ1) is 9.31. The maximum absolute atomic E-state index is 10.7. The summed E-state index contributed by atoms with van der Waals surface area (Å²) in [6, 6.07) is 1.67. The van der Waals surface area contributed by atoms with Crippen LogP contribution >= 0.6 is 0 Å². The first-order valence-electron chi connectivity index (χ1n) is 3.76. The average molecular weight is 181 g/mol. The third-order valence-electron chi connectivity index (χ3n) is 1.43. The molecule has 0 saturated heterocycles. The van der Waals surface area contributed by atoms with E-state index in [4.69, 9.17) is 5.73 Å². The van der Waals surface area contributed by atoms with Crippen molar-refractivity contribution in [2.24, 2.45) is 0 Å². The van der Waals surface area contributed by atoms with Crippen LogP contribution in [0.1, 0.15) is 12.1 Å². The molecule has 0 aliphatic rings. The van der Waals surface area contributed by atoms with Gasteiger partial charge in [-0.3, -0.25) is 9.89 Å². The van der Waals surface area contributed by atoms with Gasteiger partial charge < -0.3 is 10.5 Å². The van der Waals surface area contributed by atoms with Crippen LogP contribution in [0.15, 0.2) is 12.1 Å². The minimum absolute atomic E-state index is 0.245. The zero-order valence-corrected chi connectivity index (χ0v) is 7.28. The van der Waals surface area contributed by atoms with Gasteiger partial charge in [0, 0.05) is 6.07 Å². The number of nitrogens with one attached hydrogen (secondary N) is 1. The molecule has 0 bridgehead atoms. The summed E-state index contributed by atoms with van der Waals surface area (Å²) < 4.78 is 4.45. The van der Waals surface area contributed by atoms with Gasteiger partial charge in [0.05, 0.1) is 19.2 Å². The molecular weight excluding hydrogens is 170 g/mol. The second-order valence-corrected chi connectivity index (χ2v) is 2.43. The van der Waals surface area contributed by atoms with Gasteiger partial charge in [-0.2, -0.15) is 5.10 Å². The lowest BCUT2D eigenvalue weighted by Crippen LogP contribution is -1.96. The van der Waals surface area contributed by atoms with E-state index in [2.05, 4.69) is 14.9 Å². The monoisotopic (exact) mass is 181 g/mol. The largest absolute Gasteiger partial charge is 0.469 e. The lowest BCUT2D eigenvalue weighted by Gasteiger charge is -1.90. The maximum Gasteiger partial charge on any atom is 0.309 e. The number of nitrogen functional groups attached to an aromatic ring is 1. The van der Waals surface area contributed by atoms with Gasteiger partial charge in [0.25, 0.3) is 0 Å². The fourth-order valence-electron chi connectivity index (χ4n) is 0.804. The molecule has 13 heavy (non-hydrogen) atoms. The first-order valence-corrected chi connectivity index (χ1v) is 3.76. The van der Waals surface area contributed by atoms with Gasteiger partial charge >= 0.3 is 5.97 Å². The van der Waals surface area contributed by atoms with E-state index in [1.54, 1.807) is 18.2 Å². The number of rotatable bonds is 3. The number of hydrogen-bond donors (Lipinski definition) is 2. The molecule has 70 valence electrons. The van der Waals surface area contributed by atoms with Crippen LogP contribution in [-0.2, 0) is 9.53 Å². The predicted octanol–water partition coefficient (Wildman–Crippen LogP) is 0.568. The Kier molecular flexibility index (Phi) is 3.08. The van der Waals surface area contributed by atoms with E-state index in [1.807, 2.05) is 0 Å². The van der Waals surface area contributed by atoms with Crippen molar-refractivity contribution in [3.05, 3.63) is 17.8 Å². The second-order valence-electron chi connectivity index (χ2n) is 2.43. The van der Waals surface area contributed by atoms with Gasteiger partial charge in [0.15, 0.2) is 0 Å². The van der Waals surface area contributed by atoms with Crippen LogP contribution in [0, 0.1) is 0 Å². The Morgan fingerprint density at radius 3 is 3.15 bits per heavy atom. The highest BCUT2D eigenvalue weighted by Gasteiger charge is 1.95. The van der Waals surface area contributed by atoms with E-state index in [9.17, 15) is 4.79 Å². The fourth-order valence-corrected chi connectivity index (χ4v) is 0.804. The molecule has 0 aliphatic heterocycles. The molecule has 5 heteroatoms. The van der Waals surface area contributed by atoms with Crippen molar-refractivity contribution in [3.8, 4) is 0 Å². The smallest absolute Gasteiger partial charge is 0.309 e. The third kappa shape index (κ3) is 2.98. The van der Waals surface area contributed by atoms with Crippen LogP contribution < -0.4 is 5.73 Å². The van der Waals surface area contributed by atoms with E-state index >= 15 is 0 Å². The molecular formula is C8H11N3O2. The fraction of sp³-hybridized carbons (Fsp3) is 0.250. The number of nitrogens with two attached hydrogens (primary N) is 1. The Morgan fingerprint density at radius 2 is 2.62 bits per heavy atom. The van der Waals surface area contributed by atoms with Crippen molar-refractivity contribution in [1.29, 1.82) is 0 Å². The summed E-state index contributed by atoms with van der Waals surface area (Å²) in [5.41, 5.74) is 6.13. The molecule has 1 rings (SSSR count). The Labute approximate surface area is 75.6 Å². The van der Waals surface area contributed by atoms with Crippen LogP contribution in [0.2, 0.25) is 0 Å². The summed E-state index contributed by atoms with van der Waals surface area (Å²) in [5, 5.41) is 6.40. The SMILES string of the molecule is COC(=O)CC=Cc1cc(N)n[nH]1. The molecule has 1 aromatic heterocycles. The van der Waals surface area contributed by atoms with E-state index in [-0.39, 0.29) is 12.4 Å². The maximum atomic E-state index is 10.7.